The summed E-state index contributed by atoms with van der Waals surface area (Å²) in [5.41, 5.74) is 18.0. The molecule has 0 saturated carbocycles. The number of pyridine rings is 2. The SMILES string of the molecule is c1ccc2c(c1)-c1ccncc1C21c2ccccc2N2c3ccccc3C3(c4ccccc4-c4ccncc43)c3cccc1c32. The topological polar surface area (TPSA) is 29.0 Å². The molecule has 2 aliphatic carbocycles. The fraction of sp³-hybridized carbons (Fsp3) is 0.0476. The lowest BCUT2D eigenvalue weighted by molar-refractivity contribution is 0.705. The van der Waals surface area contributed by atoms with Gasteiger partial charge in [-0.2, -0.15) is 0 Å². The molecule has 0 fully saturated rings. The number of hydrogen-bond acceptors (Lipinski definition) is 3. The van der Waals surface area contributed by atoms with Gasteiger partial charge in [-0.15, -0.1) is 0 Å². The molecule has 45 heavy (non-hydrogen) atoms. The van der Waals surface area contributed by atoms with Crippen LogP contribution in [0.3, 0.4) is 0 Å². The van der Waals surface area contributed by atoms with Crippen LogP contribution in [0.4, 0.5) is 17.1 Å². The Bertz CT molecular complexity index is 2170. The lowest BCUT2D eigenvalue weighted by Gasteiger charge is -2.51. The van der Waals surface area contributed by atoms with E-state index >= 15 is 0 Å². The molecule has 208 valence electrons. The fourth-order valence-electron chi connectivity index (χ4n) is 9.42. The van der Waals surface area contributed by atoms with E-state index in [9.17, 15) is 0 Å². The number of benzene rings is 5. The first-order chi connectivity index (χ1) is 22.4. The van der Waals surface area contributed by atoms with Crippen molar-refractivity contribution in [1.82, 2.24) is 9.97 Å². The molecule has 4 heterocycles. The van der Waals surface area contributed by atoms with Crippen molar-refractivity contribution in [1.29, 1.82) is 0 Å². The Morgan fingerprint density at radius 1 is 0.356 bits per heavy atom. The maximum absolute atomic E-state index is 4.75. The van der Waals surface area contributed by atoms with Gasteiger partial charge in [0.15, 0.2) is 0 Å². The third-order valence-electron chi connectivity index (χ3n) is 10.9. The first-order valence-corrected chi connectivity index (χ1v) is 15.6. The van der Waals surface area contributed by atoms with E-state index in [1.807, 2.05) is 12.4 Å². The van der Waals surface area contributed by atoms with Crippen molar-refractivity contribution in [2.75, 3.05) is 4.90 Å². The van der Waals surface area contributed by atoms with E-state index in [2.05, 4.69) is 145 Å². The molecule has 2 unspecified atom stereocenters. The first kappa shape index (κ1) is 23.6. The van der Waals surface area contributed by atoms with Gasteiger partial charge in [-0.1, -0.05) is 103 Å². The summed E-state index contributed by atoms with van der Waals surface area (Å²) < 4.78 is 0. The highest BCUT2D eigenvalue weighted by atomic mass is 15.2. The summed E-state index contributed by atoms with van der Waals surface area (Å²) in [5.74, 6) is 0. The summed E-state index contributed by atoms with van der Waals surface area (Å²) in [6.45, 7) is 0. The largest absolute Gasteiger partial charge is 0.309 e. The molecule has 5 aromatic carbocycles. The van der Waals surface area contributed by atoms with Gasteiger partial charge in [-0.25, -0.2) is 0 Å². The van der Waals surface area contributed by atoms with Gasteiger partial charge in [0.2, 0.25) is 0 Å². The van der Waals surface area contributed by atoms with E-state index in [-0.39, 0.29) is 0 Å². The van der Waals surface area contributed by atoms with Gasteiger partial charge in [-0.05, 0) is 91.0 Å². The van der Waals surface area contributed by atoms with E-state index in [1.54, 1.807) is 0 Å². The van der Waals surface area contributed by atoms with Crippen molar-refractivity contribution >= 4 is 17.1 Å². The number of anilines is 3. The van der Waals surface area contributed by atoms with Crippen LogP contribution in [0.5, 0.6) is 0 Å². The summed E-state index contributed by atoms with van der Waals surface area (Å²) in [4.78, 5) is 12.1. The number of rotatable bonds is 0. The minimum atomic E-state index is -0.512. The monoisotopic (exact) mass is 571 g/mol. The molecule has 0 amide bonds. The summed E-state index contributed by atoms with van der Waals surface area (Å²) in [6, 6.07) is 47.4. The predicted molar refractivity (Wildman–Crippen MR) is 178 cm³/mol. The zero-order valence-electron chi connectivity index (χ0n) is 24.3. The van der Waals surface area contributed by atoms with Gasteiger partial charge in [0.1, 0.15) is 0 Å². The van der Waals surface area contributed by atoms with Crippen LogP contribution in [0.2, 0.25) is 0 Å². The van der Waals surface area contributed by atoms with Crippen molar-refractivity contribution < 1.29 is 0 Å². The Hall–Kier alpha value is -5.80. The standard InChI is InChI=1S/C42H25N3/c1-3-12-30-26(10-1)28-20-22-43-24-36(28)41(30)32-14-5-7-18-38(32)45-39-19-8-6-15-33(39)42(35-17-9-16-34(41)40(35)45)31-13-4-2-11-27(31)29-21-23-44-25-37(29)42/h1-25H. The van der Waals surface area contributed by atoms with E-state index in [4.69, 9.17) is 9.97 Å². The Kier molecular flexibility index (Phi) is 4.21. The number of fused-ring (bicyclic) bond motifs is 18. The number of aromatic nitrogens is 2. The predicted octanol–water partition coefficient (Wildman–Crippen LogP) is 9.30. The van der Waals surface area contributed by atoms with Crippen molar-refractivity contribution in [3.8, 4) is 22.3 Å². The van der Waals surface area contributed by atoms with Crippen LogP contribution < -0.4 is 4.90 Å². The van der Waals surface area contributed by atoms with Crippen LogP contribution in [0.15, 0.2) is 152 Å². The van der Waals surface area contributed by atoms with E-state index in [0.717, 1.165) is 0 Å². The highest BCUT2D eigenvalue weighted by Crippen LogP contribution is 2.69. The van der Waals surface area contributed by atoms with Crippen LogP contribution in [0.25, 0.3) is 22.3 Å². The molecule has 3 nitrogen and oxygen atoms in total. The highest BCUT2D eigenvalue weighted by Gasteiger charge is 2.58. The highest BCUT2D eigenvalue weighted by molar-refractivity contribution is 6.02. The molecule has 3 heteroatoms. The van der Waals surface area contributed by atoms with Crippen molar-refractivity contribution in [2.45, 2.75) is 10.8 Å². The van der Waals surface area contributed by atoms with Crippen LogP contribution in [-0.4, -0.2) is 9.97 Å². The maximum Gasteiger partial charge on any atom is 0.0769 e. The molecule has 4 aliphatic rings. The van der Waals surface area contributed by atoms with E-state index in [1.165, 1.54) is 83.8 Å². The zero-order valence-corrected chi connectivity index (χ0v) is 24.3. The van der Waals surface area contributed by atoms with Crippen molar-refractivity contribution in [2.24, 2.45) is 0 Å². The number of nitrogens with zero attached hydrogens (tertiary/aromatic N) is 3. The van der Waals surface area contributed by atoms with Crippen LogP contribution in [0.1, 0.15) is 44.5 Å². The molecule has 2 aromatic heterocycles. The van der Waals surface area contributed by atoms with Crippen LogP contribution in [-0.2, 0) is 10.8 Å². The van der Waals surface area contributed by atoms with Gasteiger partial charge in [-0.3, -0.25) is 9.97 Å². The molecule has 11 rings (SSSR count). The Labute approximate surface area is 261 Å². The Morgan fingerprint density at radius 2 is 0.756 bits per heavy atom. The number of hydrogen-bond donors (Lipinski definition) is 0. The lowest BCUT2D eigenvalue weighted by Crippen LogP contribution is -2.42. The molecule has 0 bridgehead atoms. The molecule has 0 radical (unpaired) electrons. The third-order valence-corrected chi connectivity index (χ3v) is 10.9. The zero-order chi connectivity index (χ0) is 29.3. The summed E-state index contributed by atoms with van der Waals surface area (Å²) in [5, 5.41) is 0. The van der Waals surface area contributed by atoms with Crippen LogP contribution >= 0.6 is 0 Å². The second-order valence-corrected chi connectivity index (χ2v) is 12.5. The first-order valence-electron chi connectivity index (χ1n) is 15.6. The summed E-state index contributed by atoms with van der Waals surface area (Å²) in [7, 11) is 0. The van der Waals surface area contributed by atoms with Crippen LogP contribution in [0, 0.1) is 0 Å². The van der Waals surface area contributed by atoms with Gasteiger partial charge < -0.3 is 4.90 Å². The van der Waals surface area contributed by atoms with Crippen molar-refractivity contribution in [3.63, 3.8) is 0 Å². The lowest BCUT2D eigenvalue weighted by atomic mass is 9.59. The maximum atomic E-state index is 4.75. The Balaban J connectivity index is 1.38. The summed E-state index contributed by atoms with van der Waals surface area (Å²) in [6.07, 6.45) is 8.08. The fourth-order valence-corrected chi connectivity index (χ4v) is 9.42. The van der Waals surface area contributed by atoms with E-state index < -0.39 is 10.8 Å². The summed E-state index contributed by atoms with van der Waals surface area (Å²) >= 11 is 0. The quantitative estimate of drug-likeness (QED) is 0.182. The molecular formula is C42H25N3. The minimum absolute atomic E-state index is 0.512. The third kappa shape index (κ3) is 2.48. The molecule has 2 atom stereocenters. The van der Waals surface area contributed by atoms with E-state index in [0.29, 0.717) is 0 Å². The average molecular weight is 572 g/mol. The molecule has 0 saturated heterocycles. The second-order valence-electron chi connectivity index (χ2n) is 12.5. The molecule has 0 N–H and O–H groups in total. The molecule has 2 aliphatic heterocycles. The number of para-hydroxylation sites is 3. The normalized spacial score (nSPS) is 20.1. The minimum Gasteiger partial charge on any atom is -0.309 e. The molecular weight excluding hydrogens is 546 g/mol. The van der Waals surface area contributed by atoms with Gasteiger partial charge >= 0.3 is 0 Å². The average Bonchev–Trinajstić information content (AvgIpc) is 3.57. The smallest absolute Gasteiger partial charge is 0.0769 e. The van der Waals surface area contributed by atoms with Crippen molar-refractivity contribution in [3.05, 3.63) is 197 Å². The van der Waals surface area contributed by atoms with Gasteiger partial charge in [0.25, 0.3) is 0 Å². The van der Waals surface area contributed by atoms with Gasteiger partial charge in [0, 0.05) is 24.8 Å². The molecule has 2 spiro atoms. The second kappa shape index (κ2) is 8.02. The van der Waals surface area contributed by atoms with Gasteiger partial charge in [0.05, 0.1) is 27.9 Å². The Morgan fingerprint density at radius 3 is 1.27 bits per heavy atom. The molecule has 7 aromatic rings.